The highest BCUT2D eigenvalue weighted by molar-refractivity contribution is 9.10. The first-order chi connectivity index (χ1) is 11.3. The van der Waals surface area contributed by atoms with Crippen LogP contribution in [-0.4, -0.2) is 33.3 Å². The second-order valence-corrected chi connectivity index (χ2v) is 8.06. The molecule has 23 heavy (non-hydrogen) atoms. The minimum absolute atomic E-state index is 0.646. The lowest BCUT2D eigenvalue weighted by Crippen LogP contribution is -2.39. The SMILES string of the molecule is Brc1nnc2cc(OC[C@@H]3C[C@H]4CC[C@@H](C3)N4)c(C3CC3)cn12. The monoisotopic (exact) mass is 376 g/mol. The average Bonchev–Trinajstić information content (AvgIpc) is 3.27. The van der Waals surface area contributed by atoms with Gasteiger partial charge >= 0.3 is 0 Å². The average molecular weight is 377 g/mol. The summed E-state index contributed by atoms with van der Waals surface area (Å²) in [5.74, 6) is 2.35. The standard InChI is InChI=1S/C17H21BrN4O/c18-17-21-20-16-7-15(14(8-22(16)17)11-1-2-11)23-9-10-5-12-3-4-13(6-10)19-12/h7-8,10-13,19H,1-6,9H2/t10-,12-,13+. The molecule has 2 aromatic heterocycles. The van der Waals surface area contributed by atoms with Crippen LogP contribution in [0.25, 0.3) is 5.65 Å². The number of rotatable bonds is 4. The highest BCUT2D eigenvalue weighted by Gasteiger charge is 2.34. The molecule has 122 valence electrons. The van der Waals surface area contributed by atoms with Crippen LogP contribution in [0.1, 0.15) is 50.0 Å². The molecule has 2 bridgehead atoms. The maximum Gasteiger partial charge on any atom is 0.204 e. The van der Waals surface area contributed by atoms with Crippen molar-refractivity contribution < 1.29 is 4.74 Å². The lowest BCUT2D eigenvalue weighted by molar-refractivity contribution is 0.189. The van der Waals surface area contributed by atoms with Crippen molar-refractivity contribution in [3.63, 3.8) is 0 Å². The van der Waals surface area contributed by atoms with E-state index in [2.05, 4.69) is 43.7 Å². The van der Waals surface area contributed by atoms with Crippen LogP contribution in [0.5, 0.6) is 5.75 Å². The van der Waals surface area contributed by atoms with Crippen LogP contribution < -0.4 is 10.1 Å². The fourth-order valence-corrected chi connectivity index (χ4v) is 4.61. The van der Waals surface area contributed by atoms with Crippen LogP contribution in [0.2, 0.25) is 0 Å². The van der Waals surface area contributed by atoms with Crippen LogP contribution in [-0.2, 0) is 0 Å². The summed E-state index contributed by atoms with van der Waals surface area (Å²) in [4.78, 5) is 0. The molecular formula is C17H21BrN4O. The molecule has 0 radical (unpaired) electrons. The quantitative estimate of drug-likeness (QED) is 0.889. The van der Waals surface area contributed by atoms with Gasteiger partial charge in [0.25, 0.3) is 0 Å². The summed E-state index contributed by atoms with van der Waals surface area (Å²) in [6, 6.07) is 3.50. The number of fused-ring (bicyclic) bond motifs is 3. The molecule has 0 unspecified atom stereocenters. The summed E-state index contributed by atoms with van der Waals surface area (Å²) < 4.78 is 9.06. The molecule has 1 saturated carbocycles. The minimum Gasteiger partial charge on any atom is -0.493 e. The Morgan fingerprint density at radius 2 is 1.96 bits per heavy atom. The summed E-state index contributed by atoms with van der Waals surface area (Å²) >= 11 is 3.46. The zero-order chi connectivity index (χ0) is 15.4. The molecule has 3 fully saturated rings. The number of pyridine rings is 1. The van der Waals surface area contributed by atoms with E-state index >= 15 is 0 Å². The normalized spacial score (nSPS) is 30.0. The fourth-order valence-electron chi connectivity index (χ4n) is 4.25. The number of hydrogen-bond donors (Lipinski definition) is 1. The van der Waals surface area contributed by atoms with Gasteiger partial charge in [-0.1, -0.05) is 0 Å². The van der Waals surface area contributed by atoms with E-state index in [-0.39, 0.29) is 0 Å². The molecule has 4 heterocycles. The third kappa shape index (κ3) is 2.66. The number of ether oxygens (including phenoxy) is 1. The predicted octanol–water partition coefficient (Wildman–Crippen LogP) is 3.28. The van der Waals surface area contributed by atoms with Crippen molar-refractivity contribution in [2.75, 3.05) is 6.61 Å². The van der Waals surface area contributed by atoms with Crippen LogP contribution in [0, 0.1) is 5.92 Å². The molecular weight excluding hydrogens is 356 g/mol. The van der Waals surface area contributed by atoms with E-state index in [4.69, 9.17) is 4.74 Å². The molecule has 0 aromatic carbocycles. The Kier molecular flexibility index (Phi) is 3.37. The zero-order valence-corrected chi connectivity index (χ0v) is 14.6. The van der Waals surface area contributed by atoms with E-state index in [0.717, 1.165) is 34.8 Å². The molecule has 2 saturated heterocycles. The minimum atomic E-state index is 0.646. The van der Waals surface area contributed by atoms with Crippen molar-refractivity contribution in [1.29, 1.82) is 0 Å². The van der Waals surface area contributed by atoms with Gasteiger partial charge in [-0.25, -0.2) is 0 Å². The van der Waals surface area contributed by atoms with Gasteiger partial charge in [-0.15, -0.1) is 10.2 Å². The number of nitrogens with zero attached hydrogens (tertiary/aromatic N) is 3. The first-order valence-corrected chi connectivity index (χ1v) is 9.48. The van der Waals surface area contributed by atoms with Crippen LogP contribution >= 0.6 is 15.9 Å². The summed E-state index contributed by atoms with van der Waals surface area (Å²) in [6.45, 7) is 0.833. The van der Waals surface area contributed by atoms with Crippen molar-refractivity contribution in [1.82, 2.24) is 19.9 Å². The van der Waals surface area contributed by atoms with Crippen molar-refractivity contribution in [2.24, 2.45) is 5.92 Å². The smallest absolute Gasteiger partial charge is 0.204 e. The number of piperidine rings is 1. The number of hydrogen-bond acceptors (Lipinski definition) is 4. The van der Waals surface area contributed by atoms with Gasteiger partial charge in [-0.2, -0.15) is 0 Å². The van der Waals surface area contributed by atoms with Gasteiger partial charge in [0.1, 0.15) is 5.75 Å². The zero-order valence-electron chi connectivity index (χ0n) is 13.0. The Balaban J connectivity index is 1.38. The molecule has 2 aliphatic heterocycles. The van der Waals surface area contributed by atoms with Gasteiger partial charge in [0, 0.05) is 29.9 Å². The van der Waals surface area contributed by atoms with E-state index in [0.29, 0.717) is 11.8 Å². The topological polar surface area (TPSA) is 51.5 Å². The second kappa shape index (κ2) is 5.45. The third-order valence-corrected chi connectivity index (χ3v) is 6.10. The van der Waals surface area contributed by atoms with Gasteiger partial charge in [0.2, 0.25) is 4.73 Å². The van der Waals surface area contributed by atoms with Crippen LogP contribution in [0.3, 0.4) is 0 Å². The summed E-state index contributed by atoms with van der Waals surface area (Å²) in [5, 5.41) is 12.0. The molecule has 0 spiro atoms. The third-order valence-electron chi connectivity index (χ3n) is 5.56. The van der Waals surface area contributed by atoms with Crippen molar-refractivity contribution in [3.8, 4) is 5.75 Å². The molecule has 5 rings (SSSR count). The van der Waals surface area contributed by atoms with Crippen LogP contribution in [0.15, 0.2) is 17.0 Å². The lowest BCUT2D eigenvalue weighted by Gasteiger charge is -2.29. The molecule has 2 aromatic rings. The first kappa shape index (κ1) is 14.2. The number of halogens is 1. The van der Waals surface area contributed by atoms with Crippen molar-refractivity contribution in [3.05, 3.63) is 22.6 Å². The largest absolute Gasteiger partial charge is 0.493 e. The van der Waals surface area contributed by atoms with E-state index < -0.39 is 0 Å². The Hall–Kier alpha value is -1.14. The second-order valence-electron chi connectivity index (χ2n) is 7.35. The van der Waals surface area contributed by atoms with Gasteiger partial charge in [-0.3, -0.25) is 4.40 Å². The molecule has 5 nitrogen and oxygen atoms in total. The maximum absolute atomic E-state index is 6.30. The molecule has 3 atom stereocenters. The molecule has 1 N–H and O–H groups in total. The predicted molar refractivity (Wildman–Crippen MR) is 90.8 cm³/mol. The molecule has 0 amide bonds. The van der Waals surface area contributed by atoms with Gasteiger partial charge in [0.15, 0.2) is 5.65 Å². The lowest BCUT2D eigenvalue weighted by atomic mass is 9.93. The Morgan fingerprint density at radius 1 is 1.17 bits per heavy atom. The highest BCUT2D eigenvalue weighted by Crippen LogP contribution is 2.45. The Labute approximate surface area is 143 Å². The number of aromatic nitrogens is 3. The summed E-state index contributed by atoms with van der Waals surface area (Å²) in [5.41, 5.74) is 2.16. The van der Waals surface area contributed by atoms with E-state index in [9.17, 15) is 0 Å². The van der Waals surface area contributed by atoms with Crippen LogP contribution in [0.4, 0.5) is 0 Å². The molecule has 3 aliphatic rings. The maximum atomic E-state index is 6.30. The van der Waals surface area contributed by atoms with Gasteiger partial charge in [0.05, 0.1) is 6.61 Å². The van der Waals surface area contributed by atoms with Gasteiger partial charge in [-0.05, 0) is 66.3 Å². The van der Waals surface area contributed by atoms with Gasteiger partial charge < -0.3 is 10.1 Å². The molecule has 6 heteroatoms. The fraction of sp³-hybridized carbons (Fsp3) is 0.647. The first-order valence-electron chi connectivity index (χ1n) is 8.69. The highest BCUT2D eigenvalue weighted by atomic mass is 79.9. The summed E-state index contributed by atoms with van der Waals surface area (Å²) in [6.07, 6.45) is 9.88. The summed E-state index contributed by atoms with van der Waals surface area (Å²) in [7, 11) is 0. The van der Waals surface area contributed by atoms with E-state index in [1.54, 1.807) is 0 Å². The Morgan fingerprint density at radius 3 is 2.70 bits per heavy atom. The van der Waals surface area contributed by atoms with Crippen molar-refractivity contribution in [2.45, 2.75) is 56.5 Å². The molecule has 1 aliphatic carbocycles. The van der Waals surface area contributed by atoms with E-state index in [1.165, 1.54) is 44.1 Å². The Bertz CT molecular complexity index is 730. The number of nitrogens with one attached hydrogen (secondary N) is 1. The van der Waals surface area contributed by atoms with E-state index in [1.807, 2.05) is 4.40 Å². The van der Waals surface area contributed by atoms with Crippen molar-refractivity contribution >= 4 is 21.6 Å².